The Morgan fingerprint density at radius 3 is 2.50 bits per heavy atom. The predicted molar refractivity (Wildman–Crippen MR) is 104 cm³/mol. The normalized spacial score (nSPS) is 15.3. The maximum absolute atomic E-state index is 12.4. The van der Waals surface area contributed by atoms with Gasteiger partial charge >= 0.3 is 0 Å². The summed E-state index contributed by atoms with van der Waals surface area (Å²) in [4.78, 5) is 13.4. The third kappa shape index (κ3) is 3.75. The highest BCUT2D eigenvalue weighted by Gasteiger charge is 2.16. The van der Waals surface area contributed by atoms with E-state index in [2.05, 4.69) is 37.2 Å². The number of rotatable bonds is 5. The maximum atomic E-state index is 12.4. The molecule has 0 unspecified atom stereocenters. The lowest BCUT2D eigenvalue weighted by molar-refractivity contribution is 0.235. The Hall–Kier alpha value is -2.73. The van der Waals surface area contributed by atoms with Gasteiger partial charge in [-0.05, 0) is 30.3 Å². The van der Waals surface area contributed by atoms with Gasteiger partial charge in [-0.1, -0.05) is 18.2 Å². The Morgan fingerprint density at radius 2 is 1.73 bits per heavy atom. The van der Waals surface area contributed by atoms with Crippen LogP contribution < -0.4 is 10.2 Å². The van der Waals surface area contributed by atoms with Crippen LogP contribution in [0.3, 0.4) is 0 Å². The van der Waals surface area contributed by atoms with Gasteiger partial charge in [0.2, 0.25) is 5.95 Å². The third-order valence-electron chi connectivity index (χ3n) is 4.75. The lowest BCUT2D eigenvalue weighted by atomic mass is 10.2. The fraction of sp³-hybridized carbons (Fsp3) is 0.300. The van der Waals surface area contributed by atoms with Crippen LogP contribution in [0.2, 0.25) is 0 Å². The summed E-state index contributed by atoms with van der Waals surface area (Å²) >= 11 is 0. The van der Waals surface area contributed by atoms with E-state index in [1.54, 1.807) is 0 Å². The first kappa shape index (κ1) is 16.7. The van der Waals surface area contributed by atoms with Crippen molar-refractivity contribution in [2.24, 2.45) is 0 Å². The number of hydrogen-bond acceptors (Lipinski definition) is 5. The fourth-order valence-corrected chi connectivity index (χ4v) is 3.27. The second kappa shape index (κ2) is 7.66. The molecule has 0 amide bonds. The van der Waals surface area contributed by atoms with Crippen molar-refractivity contribution in [3.8, 4) is 0 Å². The maximum Gasteiger partial charge on any atom is 0.227 e. The summed E-state index contributed by atoms with van der Waals surface area (Å²) < 4.78 is 12.4. The van der Waals surface area contributed by atoms with E-state index in [1.165, 1.54) is 5.69 Å². The van der Waals surface area contributed by atoms with Crippen LogP contribution >= 0.6 is 0 Å². The van der Waals surface area contributed by atoms with Crippen LogP contribution in [0.4, 0.5) is 21.7 Å². The lowest BCUT2D eigenvalue weighted by Crippen LogP contribution is -2.47. The smallest absolute Gasteiger partial charge is 0.227 e. The van der Waals surface area contributed by atoms with Crippen molar-refractivity contribution < 1.29 is 4.39 Å². The average Bonchev–Trinajstić information content (AvgIpc) is 2.69. The monoisotopic (exact) mass is 351 g/mol. The van der Waals surface area contributed by atoms with Gasteiger partial charge in [0.05, 0.1) is 5.52 Å². The minimum atomic E-state index is -0.267. The summed E-state index contributed by atoms with van der Waals surface area (Å²) in [7, 11) is 0. The van der Waals surface area contributed by atoms with E-state index in [4.69, 9.17) is 0 Å². The molecule has 1 aliphatic heterocycles. The topological polar surface area (TPSA) is 44.3 Å². The van der Waals surface area contributed by atoms with E-state index < -0.39 is 0 Å². The number of alkyl halides is 1. The first-order chi connectivity index (χ1) is 12.8. The summed E-state index contributed by atoms with van der Waals surface area (Å²) in [6.07, 6.45) is 1.83. The van der Waals surface area contributed by atoms with Gasteiger partial charge in [-0.25, -0.2) is 14.4 Å². The van der Waals surface area contributed by atoms with Crippen molar-refractivity contribution in [2.45, 2.75) is 0 Å². The molecule has 4 rings (SSSR count). The molecule has 1 saturated heterocycles. The van der Waals surface area contributed by atoms with E-state index in [1.807, 2.05) is 42.6 Å². The first-order valence-electron chi connectivity index (χ1n) is 8.94. The highest BCUT2D eigenvalue weighted by atomic mass is 19.1. The van der Waals surface area contributed by atoms with Crippen LogP contribution in [0.5, 0.6) is 0 Å². The van der Waals surface area contributed by atoms with Crippen molar-refractivity contribution in [3.63, 3.8) is 0 Å². The number of piperazine rings is 1. The van der Waals surface area contributed by atoms with E-state index >= 15 is 0 Å². The molecule has 2 heterocycles. The second-order valence-electron chi connectivity index (χ2n) is 6.44. The zero-order valence-electron chi connectivity index (χ0n) is 14.6. The zero-order chi connectivity index (χ0) is 17.8. The molecule has 0 bridgehead atoms. The second-order valence-corrected chi connectivity index (χ2v) is 6.44. The molecule has 1 fully saturated rings. The molecule has 0 saturated carbocycles. The van der Waals surface area contributed by atoms with Crippen molar-refractivity contribution in [3.05, 3.63) is 54.7 Å². The number of benzene rings is 2. The fourth-order valence-electron chi connectivity index (χ4n) is 3.27. The van der Waals surface area contributed by atoms with Crippen LogP contribution in [0.25, 0.3) is 10.9 Å². The molecule has 1 N–H and O–H groups in total. The van der Waals surface area contributed by atoms with Gasteiger partial charge in [-0.3, -0.25) is 4.90 Å². The van der Waals surface area contributed by atoms with E-state index in [0.29, 0.717) is 12.5 Å². The Bertz CT molecular complexity index is 859. The van der Waals surface area contributed by atoms with Crippen molar-refractivity contribution in [1.29, 1.82) is 0 Å². The number of fused-ring (bicyclic) bond motifs is 1. The van der Waals surface area contributed by atoms with Gasteiger partial charge in [0.1, 0.15) is 6.67 Å². The molecule has 5 nitrogen and oxygen atoms in total. The number of nitrogens with one attached hydrogen (secondary N) is 1. The van der Waals surface area contributed by atoms with Gasteiger partial charge in [0.25, 0.3) is 0 Å². The van der Waals surface area contributed by atoms with E-state index in [0.717, 1.165) is 42.8 Å². The molecule has 6 heteroatoms. The molecule has 2 aromatic carbocycles. The van der Waals surface area contributed by atoms with Crippen LogP contribution in [0.15, 0.2) is 54.7 Å². The molecule has 3 aromatic rings. The molecule has 0 spiro atoms. The highest BCUT2D eigenvalue weighted by Crippen LogP contribution is 2.22. The summed E-state index contributed by atoms with van der Waals surface area (Å²) in [6.45, 7) is 3.96. The number of para-hydroxylation sites is 1. The van der Waals surface area contributed by atoms with Crippen molar-refractivity contribution in [2.75, 3.05) is 49.6 Å². The third-order valence-corrected chi connectivity index (χ3v) is 4.75. The Labute approximate surface area is 152 Å². The summed E-state index contributed by atoms with van der Waals surface area (Å²) in [5, 5.41) is 4.29. The quantitative estimate of drug-likeness (QED) is 0.763. The van der Waals surface area contributed by atoms with Crippen LogP contribution in [0.1, 0.15) is 0 Å². The van der Waals surface area contributed by atoms with E-state index in [9.17, 15) is 4.39 Å². The minimum absolute atomic E-state index is 0.267. The zero-order valence-corrected chi connectivity index (χ0v) is 14.6. The molecule has 0 atom stereocenters. The SMILES string of the molecule is FCCN1CCN(c2ccc(Nc3ncc4ccccc4n3)cc2)CC1. The van der Waals surface area contributed by atoms with Gasteiger partial charge in [0, 0.05) is 55.7 Å². The number of anilines is 3. The lowest BCUT2D eigenvalue weighted by Gasteiger charge is -2.35. The highest BCUT2D eigenvalue weighted by molar-refractivity contribution is 5.78. The molecule has 1 aliphatic rings. The Balaban J connectivity index is 1.41. The number of aromatic nitrogens is 2. The first-order valence-corrected chi connectivity index (χ1v) is 8.94. The molecule has 134 valence electrons. The molecular weight excluding hydrogens is 329 g/mol. The van der Waals surface area contributed by atoms with Crippen LogP contribution in [-0.4, -0.2) is 54.3 Å². The summed E-state index contributed by atoms with van der Waals surface area (Å²) in [5.41, 5.74) is 3.07. The van der Waals surface area contributed by atoms with Crippen molar-refractivity contribution >= 4 is 28.2 Å². The largest absolute Gasteiger partial charge is 0.369 e. The van der Waals surface area contributed by atoms with Gasteiger partial charge in [0.15, 0.2) is 0 Å². The number of halogens is 1. The molecule has 1 aromatic heterocycles. The van der Waals surface area contributed by atoms with E-state index in [-0.39, 0.29) is 6.67 Å². The van der Waals surface area contributed by atoms with Gasteiger partial charge in [-0.15, -0.1) is 0 Å². The Morgan fingerprint density at radius 1 is 0.962 bits per heavy atom. The molecule has 26 heavy (non-hydrogen) atoms. The predicted octanol–water partition coefficient (Wildman–Crippen LogP) is 3.46. The van der Waals surface area contributed by atoms with Crippen molar-refractivity contribution in [1.82, 2.24) is 14.9 Å². The van der Waals surface area contributed by atoms with Gasteiger partial charge in [-0.2, -0.15) is 0 Å². The summed E-state index contributed by atoms with van der Waals surface area (Å²) in [6, 6.07) is 16.2. The molecule has 0 radical (unpaired) electrons. The average molecular weight is 351 g/mol. The number of hydrogen-bond donors (Lipinski definition) is 1. The molecule has 0 aliphatic carbocycles. The Kier molecular flexibility index (Phi) is 4.93. The summed E-state index contributed by atoms with van der Waals surface area (Å²) in [5.74, 6) is 0.594. The number of nitrogens with zero attached hydrogens (tertiary/aromatic N) is 4. The molecular formula is C20H22FN5. The van der Waals surface area contributed by atoms with Gasteiger partial charge < -0.3 is 10.2 Å². The standard InChI is InChI=1S/C20H22FN5/c21-9-10-25-11-13-26(14-12-25)18-7-5-17(6-8-18)23-20-22-15-16-3-1-2-4-19(16)24-20/h1-8,15H,9-14H2,(H,22,23,24). The van der Waals surface area contributed by atoms with Crippen LogP contribution in [-0.2, 0) is 0 Å². The minimum Gasteiger partial charge on any atom is -0.369 e. The van der Waals surface area contributed by atoms with Crippen LogP contribution in [0, 0.1) is 0 Å².